The third-order valence-electron chi connectivity index (χ3n) is 3.54. The Kier molecular flexibility index (Phi) is 8.25. The lowest BCUT2D eigenvalue weighted by atomic mass is 10.2. The van der Waals surface area contributed by atoms with Gasteiger partial charge in [0.2, 0.25) is 0 Å². The van der Waals surface area contributed by atoms with Crippen molar-refractivity contribution >= 4 is 35.0 Å². The standard InChI is InChI=1S/C19H19Cl2N3O4/c1-12(24-19(27)17-5-2-13(10-25)9-23-17)6-7-22-18(26)11-28-14-3-4-15(20)16(21)8-14/h2-5,8-9,25H,1,6-7,10-11H2,(H,22,26)(H,24,27). The molecule has 2 rings (SSSR count). The number of nitrogens with zero attached hydrogens (tertiary/aromatic N) is 1. The molecule has 0 radical (unpaired) electrons. The Hall–Kier alpha value is -2.61. The summed E-state index contributed by atoms with van der Waals surface area (Å²) in [6.07, 6.45) is 1.77. The number of carbonyl (C=O) groups excluding carboxylic acids is 2. The van der Waals surface area contributed by atoms with Crippen LogP contribution in [0.15, 0.2) is 48.8 Å². The zero-order valence-corrected chi connectivity index (χ0v) is 16.4. The molecule has 28 heavy (non-hydrogen) atoms. The highest BCUT2D eigenvalue weighted by Crippen LogP contribution is 2.26. The number of nitrogens with one attached hydrogen (secondary N) is 2. The Morgan fingerprint density at radius 3 is 2.61 bits per heavy atom. The fourth-order valence-electron chi connectivity index (χ4n) is 2.06. The van der Waals surface area contributed by atoms with Gasteiger partial charge in [-0.25, -0.2) is 0 Å². The number of carbonyl (C=O) groups is 2. The molecule has 1 aromatic carbocycles. The minimum atomic E-state index is -0.413. The highest BCUT2D eigenvalue weighted by atomic mass is 35.5. The number of hydrogen-bond donors (Lipinski definition) is 3. The quantitative estimate of drug-likeness (QED) is 0.575. The van der Waals surface area contributed by atoms with E-state index in [9.17, 15) is 9.59 Å². The van der Waals surface area contributed by atoms with Crippen LogP contribution in [0.4, 0.5) is 0 Å². The van der Waals surface area contributed by atoms with Gasteiger partial charge in [-0.1, -0.05) is 35.8 Å². The van der Waals surface area contributed by atoms with Gasteiger partial charge in [-0.15, -0.1) is 0 Å². The summed E-state index contributed by atoms with van der Waals surface area (Å²) in [6, 6.07) is 7.83. The van der Waals surface area contributed by atoms with Crippen molar-refractivity contribution < 1.29 is 19.4 Å². The summed E-state index contributed by atoms with van der Waals surface area (Å²) in [4.78, 5) is 27.8. The molecule has 2 amide bonds. The lowest BCUT2D eigenvalue weighted by Gasteiger charge is -2.10. The number of aromatic nitrogens is 1. The molecule has 2 aromatic rings. The summed E-state index contributed by atoms with van der Waals surface area (Å²) in [6.45, 7) is 3.70. The molecule has 1 aromatic heterocycles. The molecule has 0 atom stereocenters. The van der Waals surface area contributed by atoms with E-state index in [1.54, 1.807) is 18.2 Å². The molecule has 0 saturated carbocycles. The van der Waals surface area contributed by atoms with Gasteiger partial charge >= 0.3 is 0 Å². The predicted octanol–water partition coefficient (Wildman–Crippen LogP) is 2.71. The molecule has 3 N–H and O–H groups in total. The summed E-state index contributed by atoms with van der Waals surface area (Å²) >= 11 is 11.7. The number of hydrogen-bond acceptors (Lipinski definition) is 5. The van der Waals surface area contributed by atoms with Gasteiger partial charge < -0.3 is 20.5 Å². The molecule has 7 nitrogen and oxygen atoms in total. The third-order valence-corrected chi connectivity index (χ3v) is 4.28. The second-order valence-electron chi connectivity index (χ2n) is 5.73. The van der Waals surface area contributed by atoms with Crippen LogP contribution in [0.5, 0.6) is 5.75 Å². The highest BCUT2D eigenvalue weighted by molar-refractivity contribution is 6.42. The Morgan fingerprint density at radius 2 is 1.96 bits per heavy atom. The van der Waals surface area contributed by atoms with E-state index in [1.807, 2.05) is 0 Å². The fourth-order valence-corrected chi connectivity index (χ4v) is 2.35. The second-order valence-corrected chi connectivity index (χ2v) is 6.55. The number of aliphatic hydroxyl groups excluding tert-OH is 1. The van der Waals surface area contributed by atoms with Crippen molar-refractivity contribution in [3.63, 3.8) is 0 Å². The van der Waals surface area contributed by atoms with Gasteiger partial charge in [-0.05, 0) is 23.8 Å². The maximum Gasteiger partial charge on any atom is 0.273 e. The molecule has 0 unspecified atom stereocenters. The lowest BCUT2D eigenvalue weighted by molar-refractivity contribution is -0.123. The van der Waals surface area contributed by atoms with E-state index >= 15 is 0 Å². The Labute approximate surface area is 172 Å². The van der Waals surface area contributed by atoms with Gasteiger partial charge in [0.1, 0.15) is 11.4 Å². The molecule has 0 bridgehead atoms. The molecule has 0 aliphatic rings. The first-order valence-electron chi connectivity index (χ1n) is 8.28. The minimum Gasteiger partial charge on any atom is -0.484 e. The molecule has 1 heterocycles. The molecule has 0 fully saturated rings. The van der Waals surface area contributed by atoms with Crippen LogP contribution in [0.25, 0.3) is 0 Å². The first-order chi connectivity index (χ1) is 13.4. The second kappa shape index (κ2) is 10.7. The van der Waals surface area contributed by atoms with E-state index in [4.69, 9.17) is 33.0 Å². The number of aliphatic hydroxyl groups is 1. The van der Waals surface area contributed by atoms with Crippen LogP contribution < -0.4 is 15.4 Å². The summed E-state index contributed by atoms with van der Waals surface area (Å²) in [5.74, 6) is -0.309. The molecule has 0 saturated heterocycles. The largest absolute Gasteiger partial charge is 0.484 e. The Bertz CT molecular complexity index is 857. The number of pyridine rings is 1. The molecule has 148 valence electrons. The SMILES string of the molecule is C=C(CCNC(=O)COc1ccc(Cl)c(Cl)c1)NC(=O)c1ccc(CO)cn1. The summed E-state index contributed by atoms with van der Waals surface area (Å²) in [7, 11) is 0. The first-order valence-corrected chi connectivity index (χ1v) is 9.04. The Morgan fingerprint density at radius 1 is 1.18 bits per heavy atom. The van der Waals surface area contributed by atoms with E-state index in [0.717, 1.165) is 0 Å². The minimum absolute atomic E-state index is 0.143. The van der Waals surface area contributed by atoms with Crippen molar-refractivity contribution in [2.75, 3.05) is 13.2 Å². The first kappa shape index (κ1) is 21.7. The zero-order valence-electron chi connectivity index (χ0n) is 14.9. The third kappa shape index (κ3) is 6.84. The maximum atomic E-state index is 12.0. The van der Waals surface area contributed by atoms with Crippen LogP contribution >= 0.6 is 23.2 Å². The molecular formula is C19H19Cl2N3O4. The van der Waals surface area contributed by atoms with Crippen LogP contribution in [-0.2, 0) is 11.4 Å². The molecular weight excluding hydrogens is 405 g/mol. The van der Waals surface area contributed by atoms with Crippen LogP contribution in [0.1, 0.15) is 22.5 Å². The van der Waals surface area contributed by atoms with Crippen LogP contribution in [-0.4, -0.2) is 35.1 Å². The van der Waals surface area contributed by atoms with Gasteiger partial charge in [-0.2, -0.15) is 0 Å². The average Bonchev–Trinajstić information content (AvgIpc) is 2.69. The van der Waals surface area contributed by atoms with Crippen LogP contribution in [0.2, 0.25) is 10.0 Å². The van der Waals surface area contributed by atoms with E-state index in [2.05, 4.69) is 22.2 Å². The van der Waals surface area contributed by atoms with E-state index in [0.29, 0.717) is 33.5 Å². The van der Waals surface area contributed by atoms with Gasteiger partial charge in [0, 0.05) is 30.9 Å². The van der Waals surface area contributed by atoms with Crippen molar-refractivity contribution in [2.45, 2.75) is 13.0 Å². The Balaban J connectivity index is 1.68. The van der Waals surface area contributed by atoms with Crippen molar-refractivity contribution in [3.8, 4) is 5.75 Å². The number of rotatable bonds is 9. The van der Waals surface area contributed by atoms with Gasteiger partial charge in [0.25, 0.3) is 11.8 Å². The highest BCUT2D eigenvalue weighted by Gasteiger charge is 2.09. The maximum absolute atomic E-state index is 12.0. The monoisotopic (exact) mass is 423 g/mol. The average molecular weight is 424 g/mol. The smallest absolute Gasteiger partial charge is 0.273 e. The normalized spacial score (nSPS) is 10.2. The molecule has 0 spiro atoms. The van der Waals surface area contributed by atoms with E-state index in [1.165, 1.54) is 18.3 Å². The topological polar surface area (TPSA) is 101 Å². The molecule has 9 heteroatoms. The van der Waals surface area contributed by atoms with Crippen molar-refractivity contribution in [3.05, 3.63) is 70.1 Å². The van der Waals surface area contributed by atoms with E-state index in [-0.39, 0.29) is 31.4 Å². The van der Waals surface area contributed by atoms with Crippen molar-refractivity contribution in [1.29, 1.82) is 0 Å². The zero-order chi connectivity index (χ0) is 20.5. The molecule has 0 aliphatic carbocycles. The predicted molar refractivity (Wildman–Crippen MR) is 106 cm³/mol. The van der Waals surface area contributed by atoms with Gasteiger partial charge in [0.15, 0.2) is 6.61 Å². The summed E-state index contributed by atoms with van der Waals surface area (Å²) < 4.78 is 5.33. The number of halogens is 2. The van der Waals surface area contributed by atoms with Crippen molar-refractivity contribution in [1.82, 2.24) is 15.6 Å². The molecule has 0 aliphatic heterocycles. The summed E-state index contributed by atoms with van der Waals surface area (Å²) in [5.41, 5.74) is 1.25. The number of amides is 2. The van der Waals surface area contributed by atoms with Gasteiger partial charge in [-0.3, -0.25) is 14.6 Å². The summed E-state index contributed by atoms with van der Waals surface area (Å²) in [5, 5.41) is 15.0. The van der Waals surface area contributed by atoms with Crippen LogP contribution in [0.3, 0.4) is 0 Å². The number of benzene rings is 1. The van der Waals surface area contributed by atoms with Gasteiger partial charge in [0.05, 0.1) is 16.7 Å². The fraction of sp³-hybridized carbons (Fsp3) is 0.211. The van der Waals surface area contributed by atoms with E-state index < -0.39 is 5.91 Å². The lowest BCUT2D eigenvalue weighted by Crippen LogP contribution is -2.31. The van der Waals surface area contributed by atoms with Crippen LogP contribution in [0, 0.1) is 0 Å². The number of ether oxygens (including phenoxy) is 1. The van der Waals surface area contributed by atoms with Crippen molar-refractivity contribution in [2.24, 2.45) is 0 Å².